The van der Waals surface area contributed by atoms with E-state index in [-0.39, 0.29) is 12.0 Å². The second kappa shape index (κ2) is 6.78. The van der Waals surface area contributed by atoms with Crippen LogP contribution in [0, 0.1) is 0 Å². The van der Waals surface area contributed by atoms with Gasteiger partial charge in [-0.3, -0.25) is 0 Å². The van der Waals surface area contributed by atoms with Crippen LogP contribution >= 0.6 is 0 Å². The molecule has 134 valence electrons. The van der Waals surface area contributed by atoms with E-state index in [9.17, 15) is 4.79 Å². The summed E-state index contributed by atoms with van der Waals surface area (Å²) in [7, 11) is 1.77. The Kier molecular flexibility index (Phi) is 4.70. The van der Waals surface area contributed by atoms with Gasteiger partial charge in [-0.1, -0.05) is 12.1 Å². The fourth-order valence-corrected chi connectivity index (χ4v) is 2.97. The first kappa shape index (κ1) is 17.3. The summed E-state index contributed by atoms with van der Waals surface area (Å²) in [5, 5.41) is 0. The molecule has 0 saturated carbocycles. The molecule has 0 aliphatic carbocycles. The normalized spacial score (nSPS) is 16.7. The lowest BCUT2D eigenvalue weighted by molar-refractivity contribution is 0.0281. The molecular weight excluding hydrogens is 320 g/mol. The molecule has 1 amide bonds. The summed E-state index contributed by atoms with van der Waals surface area (Å²) >= 11 is 0. The number of hydrogen-bond acceptors (Lipinski definition) is 5. The number of carbonyl (C=O) groups excluding carboxylic acids is 1. The van der Waals surface area contributed by atoms with Crippen molar-refractivity contribution in [1.29, 1.82) is 0 Å². The number of aromatic nitrogens is 1. The van der Waals surface area contributed by atoms with E-state index in [1.807, 2.05) is 39.0 Å². The zero-order valence-corrected chi connectivity index (χ0v) is 15.1. The van der Waals surface area contributed by atoms with Crippen LogP contribution in [-0.2, 0) is 4.74 Å². The van der Waals surface area contributed by atoms with E-state index < -0.39 is 5.60 Å². The first-order valence-electron chi connectivity index (χ1n) is 8.44. The first-order chi connectivity index (χ1) is 11.8. The molecule has 1 aliphatic rings. The molecule has 3 rings (SSSR count). The standard InChI is InChI=1S/C19H24N2O4/c1-19(2,3)25-18(22)21(4)11-13-8-9-23-17-14(13)6-5-7-15(17)16-10-20-12-24-16/h5-7,10,12-13H,8-9,11H2,1-4H3/t13-/m0/s1. The first-order valence-corrected chi connectivity index (χ1v) is 8.44. The number of fused-ring (bicyclic) bond motifs is 1. The Bertz CT molecular complexity index is 734. The van der Waals surface area contributed by atoms with Crippen LogP contribution in [0.2, 0.25) is 0 Å². The predicted molar refractivity (Wildman–Crippen MR) is 93.7 cm³/mol. The van der Waals surface area contributed by atoms with Crippen LogP contribution in [0.5, 0.6) is 5.75 Å². The monoisotopic (exact) mass is 344 g/mol. The summed E-state index contributed by atoms with van der Waals surface area (Å²) < 4.78 is 16.8. The highest BCUT2D eigenvalue weighted by Crippen LogP contribution is 2.41. The number of likely N-dealkylation sites (N-methyl/N-ethyl adjacent to an activating group) is 1. The number of hydrogen-bond donors (Lipinski definition) is 0. The summed E-state index contributed by atoms with van der Waals surface area (Å²) in [5.74, 6) is 1.68. The van der Waals surface area contributed by atoms with Crippen molar-refractivity contribution in [2.45, 2.75) is 38.7 Å². The molecule has 2 heterocycles. The van der Waals surface area contributed by atoms with Crippen molar-refractivity contribution in [1.82, 2.24) is 9.88 Å². The fraction of sp³-hybridized carbons (Fsp3) is 0.474. The SMILES string of the molecule is CN(C[C@@H]1CCOc2c(-c3cnco3)cccc21)C(=O)OC(C)(C)C. The van der Waals surface area contributed by atoms with E-state index in [1.54, 1.807) is 18.1 Å². The third-order valence-corrected chi connectivity index (χ3v) is 4.10. The summed E-state index contributed by atoms with van der Waals surface area (Å²) in [6.45, 7) is 6.78. The molecule has 1 atom stereocenters. The number of nitrogens with zero attached hydrogens (tertiary/aromatic N) is 2. The molecule has 6 heteroatoms. The van der Waals surface area contributed by atoms with Gasteiger partial charge in [0.25, 0.3) is 0 Å². The quantitative estimate of drug-likeness (QED) is 0.839. The molecule has 0 spiro atoms. The fourth-order valence-electron chi connectivity index (χ4n) is 2.97. The number of para-hydroxylation sites is 1. The second-order valence-corrected chi connectivity index (χ2v) is 7.28. The van der Waals surface area contributed by atoms with E-state index in [0.717, 1.165) is 23.3 Å². The van der Waals surface area contributed by atoms with E-state index >= 15 is 0 Å². The van der Waals surface area contributed by atoms with Gasteiger partial charge in [-0.15, -0.1) is 0 Å². The van der Waals surface area contributed by atoms with Gasteiger partial charge in [0.15, 0.2) is 12.2 Å². The van der Waals surface area contributed by atoms with Gasteiger partial charge in [-0.2, -0.15) is 0 Å². The highest BCUT2D eigenvalue weighted by Gasteiger charge is 2.28. The molecular formula is C19H24N2O4. The van der Waals surface area contributed by atoms with Gasteiger partial charge in [0.1, 0.15) is 11.4 Å². The molecule has 0 unspecified atom stereocenters. The van der Waals surface area contributed by atoms with Crippen molar-refractivity contribution in [3.63, 3.8) is 0 Å². The Morgan fingerprint density at radius 3 is 2.88 bits per heavy atom. The van der Waals surface area contributed by atoms with Gasteiger partial charge < -0.3 is 18.8 Å². The number of benzene rings is 1. The van der Waals surface area contributed by atoms with E-state index in [4.69, 9.17) is 13.9 Å². The highest BCUT2D eigenvalue weighted by atomic mass is 16.6. The lowest BCUT2D eigenvalue weighted by Gasteiger charge is -2.31. The summed E-state index contributed by atoms with van der Waals surface area (Å²) in [6.07, 6.45) is 3.62. The van der Waals surface area contributed by atoms with Crippen LogP contribution in [0.1, 0.15) is 38.7 Å². The Morgan fingerprint density at radius 2 is 2.20 bits per heavy atom. The summed E-state index contributed by atoms with van der Waals surface area (Å²) in [5.41, 5.74) is 1.47. The zero-order chi connectivity index (χ0) is 18.0. The number of carbonyl (C=O) groups is 1. The second-order valence-electron chi connectivity index (χ2n) is 7.28. The maximum Gasteiger partial charge on any atom is 0.410 e. The van der Waals surface area contributed by atoms with Crippen molar-refractivity contribution in [3.8, 4) is 17.1 Å². The molecule has 25 heavy (non-hydrogen) atoms. The third kappa shape index (κ3) is 3.95. The average Bonchev–Trinajstić information content (AvgIpc) is 3.07. The maximum atomic E-state index is 12.2. The highest BCUT2D eigenvalue weighted by molar-refractivity contribution is 5.69. The van der Waals surface area contributed by atoms with Crippen LogP contribution in [0.3, 0.4) is 0 Å². The smallest absolute Gasteiger partial charge is 0.410 e. The van der Waals surface area contributed by atoms with Crippen molar-refractivity contribution >= 4 is 6.09 Å². The third-order valence-electron chi connectivity index (χ3n) is 4.10. The Hall–Kier alpha value is -2.50. The lowest BCUT2D eigenvalue weighted by atomic mass is 9.90. The Morgan fingerprint density at radius 1 is 1.40 bits per heavy atom. The Balaban J connectivity index is 1.80. The molecule has 1 aliphatic heterocycles. The van der Waals surface area contributed by atoms with Gasteiger partial charge in [0.05, 0.1) is 18.4 Å². The van der Waals surface area contributed by atoms with Gasteiger partial charge in [0, 0.05) is 19.5 Å². The number of ether oxygens (including phenoxy) is 2. The van der Waals surface area contributed by atoms with E-state index in [1.165, 1.54) is 6.39 Å². The summed E-state index contributed by atoms with van der Waals surface area (Å²) in [4.78, 5) is 17.9. The molecule has 2 aromatic rings. The molecule has 1 aromatic carbocycles. The average molecular weight is 344 g/mol. The number of rotatable bonds is 3. The largest absolute Gasteiger partial charge is 0.492 e. The minimum atomic E-state index is -0.502. The van der Waals surface area contributed by atoms with Crippen LogP contribution < -0.4 is 4.74 Å². The number of oxazole rings is 1. The van der Waals surface area contributed by atoms with Crippen LogP contribution in [-0.4, -0.2) is 41.8 Å². The van der Waals surface area contributed by atoms with Crippen LogP contribution in [0.25, 0.3) is 11.3 Å². The van der Waals surface area contributed by atoms with Crippen molar-refractivity contribution in [2.75, 3.05) is 20.2 Å². The van der Waals surface area contributed by atoms with Crippen LogP contribution in [0.4, 0.5) is 4.79 Å². The zero-order valence-electron chi connectivity index (χ0n) is 15.1. The predicted octanol–water partition coefficient (Wildman–Crippen LogP) is 4.07. The molecule has 0 fully saturated rings. The molecule has 1 aromatic heterocycles. The molecule has 0 radical (unpaired) electrons. The van der Waals surface area contributed by atoms with Crippen molar-refractivity contribution in [3.05, 3.63) is 36.4 Å². The van der Waals surface area contributed by atoms with E-state index in [2.05, 4.69) is 4.98 Å². The van der Waals surface area contributed by atoms with Gasteiger partial charge in [0.2, 0.25) is 0 Å². The summed E-state index contributed by atoms with van der Waals surface area (Å²) in [6, 6.07) is 5.98. The van der Waals surface area contributed by atoms with Gasteiger partial charge in [-0.25, -0.2) is 9.78 Å². The molecule has 0 saturated heterocycles. The topological polar surface area (TPSA) is 64.8 Å². The van der Waals surface area contributed by atoms with Crippen molar-refractivity contribution in [2.24, 2.45) is 0 Å². The lowest BCUT2D eigenvalue weighted by Crippen LogP contribution is -2.37. The minimum absolute atomic E-state index is 0.184. The van der Waals surface area contributed by atoms with Gasteiger partial charge >= 0.3 is 6.09 Å². The number of amides is 1. The maximum absolute atomic E-state index is 12.2. The molecule has 0 bridgehead atoms. The minimum Gasteiger partial charge on any atom is -0.492 e. The molecule has 6 nitrogen and oxygen atoms in total. The van der Waals surface area contributed by atoms with Crippen LogP contribution in [0.15, 0.2) is 35.2 Å². The van der Waals surface area contributed by atoms with E-state index in [0.29, 0.717) is 18.9 Å². The molecule has 0 N–H and O–H groups in total. The Labute approximate surface area is 147 Å². The van der Waals surface area contributed by atoms with Gasteiger partial charge in [-0.05, 0) is 38.8 Å². The van der Waals surface area contributed by atoms with Crippen molar-refractivity contribution < 1.29 is 18.7 Å².